The van der Waals surface area contributed by atoms with Gasteiger partial charge in [-0.15, -0.1) is 0 Å². The van der Waals surface area contributed by atoms with Crippen molar-refractivity contribution >= 4 is 11.9 Å². The highest BCUT2D eigenvalue weighted by Gasteiger charge is 2.31. The molecule has 1 saturated carbocycles. The maximum Gasteiger partial charge on any atom is 0.306 e. The van der Waals surface area contributed by atoms with Crippen LogP contribution in [0.1, 0.15) is 44.9 Å². The number of aliphatic carboxylic acids is 1. The Kier molecular flexibility index (Phi) is 5.19. The van der Waals surface area contributed by atoms with Crippen molar-refractivity contribution in [3.63, 3.8) is 0 Å². The third kappa shape index (κ3) is 3.93. The van der Waals surface area contributed by atoms with E-state index in [0.29, 0.717) is 13.2 Å². The molecule has 1 saturated heterocycles. The number of carboxylic acid groups (broad SMARTS) is 1. The Bertz CT molecular complexity index is 325. The van der Waals surface area contributed by atoms with Crippen molar-refractivity contribution in [1.82, 2.24) is 5.32 Å². The molecule has 0 aromatic heterocycles. The van der Waals surface area contributed by atoms with E-state index in [4.69, 9.17) is 4.74 Å². The van der Waals surface area contributed by atoms with Crippen LogP contribution in [0.15, 0.2) is 0 Å². The van der Waals surface area contributed by atoms with Gasteiger partial charge in [0.05, 0.1) is 5.92 Å². The molecule has 0 spiro atoms. The van der Waals surface area contributed by atoms with Gasteiger partial charge >= 0.3 is 5.97 Å². The summed E-state index contributed by atoms with van der Waals surface area (Å²) in [6.07, 6.45) is 6.15. The number of nitrogens with one attached hydrogen (secondary N) is 1. The first-order valence-corrected chi connectivity index (χ1v) is 7.30. The molecular formula is C14H23NO4. The van der Waals surface area contributed by atoms with E-state index in [1.54, 1.807) is 0 Å². The maximum absolute atomic E-state index is 11.9. The van der Waals surface area contributed by atoms with E-state index < -0.39 is 5.97 Å². The zero-order valence-corrected chi connectivity index (χ0v) is 11.3. The lowest BCUT2D eigenvalue weighted by atomic mass is 9.79. The predicted molar refractivity (Wildman–Crippen MR) is 69.7 cm³/mol. The average Bonchev–Trinajstić information content (AvgIpc) is 2.46. The second-order valence-electron chi connectivity index (χ2n) is 5.59. The number of rotatable bonds is 4. The van der Waals surface area contributed by atoms with Gasteiger partial charge in [0.25, 0.3) is 0 Å². The monoisotopic (exact) mass is 269 g/mol. The number of hydrogen-bond donors (Lipinski definition) is 2. The van der Waals surface area contributed by atoms with Gasteiger partial charge in [0, 0.05) is 13.2 Å². The Labute approximate surface area is 113 Å². The topological polar surface area (TPSA) is 75.6 Å². The lowest BCUT2D eigenvalue weighted by molar-refractivity contribution is -0.145. The summed E-state index contributed by atoms with van der Waals surface area (Å²) >= 11 is 0. The summed E-state index contributed by atoms with van der Waals surface area (Å²) in [6.45, 7) is 1.12. The van der Waals surface area contributed by atoms with Crippen molar-refractivity contribution in [2.45, 2.75) is 51.0 Å². The summed E-state index contributed by atoms with van der Waals surface area (Å²) in [5.41, 5.74) is 0. The average molecular weight is 269 g/mol. The Morgan fingerprint density at radius 2 is 1.84 bits per heavy atom. The molecule has 1 heterocycles. The highest BCUT2D eigenvalue weighted by Crippen LogP contribution is 2.29. The zero-order valence-electron chi connectivity index (χ0n) is 11.3. The summed E-state index contributed by atoms with van der Waals surface area (Å²) in [4.78, 5) is 23.1. The van der Waals surface area contributed by atoms with Crippen LogP contribution >= 0.6 is 0 Å². The van der Waals surface area contributed by atoms with E-state index in [1.165, 1.54) is 0 Å². The van der Waals surface area contributed by atoms with Crippen LogP contribution in [0.5, 0.6) is 0 Å². The summed E-state index contributed by atoms with van der Waals surface area (Å²) in [7, 11) is 0. The molecule has 0 aromatic rings. The summed E-state index contributed by atoms with van der Waals surface area (Å²) in [6, 6.07) is 0. The van der Waals surface area contributed by atoms with Crippen LogP contribution in [0.4, 0.5) is 0 Å². The van der Waals surface area contributed by atoms with E-state index in [1.807, 2.05) is 0 Å². The van der Waals surface area contributed by atoms with E-state index >= 15 is 0 Å². The first-order valence-electron chi connectivity index (χ1n) is 7.30. The molecule has 5 nitrogen and oxygen atoms in total. The molecule has 2 N–H and O–H groups in total. The number of carboxylic acids is 1. The second kappa shape index (κ2) is 6.89. The Morgan fingerprint density at radius 3 is 2.53 bits per heavy atom. The largest absolute Gasteiger partial charge is 0.481 e. The number of hydrogen-bond acceptors (Lipinski definition) is 3. The molecule has 2 fully saturated rings. The van der Waals surface area contributed by atoms with Gasteiger partial charge < -0.3 is 15.2 Å². The maximum atomic E-state index is 11.9. The molecule has 0 radical (unpaired) electrons. The lowest BCUT2D eigenvalue weighted by Crippen LogP contribution is -2.43. The molecule has 0 bridgehead atoms. The van der Waals surface area contributed by atoms with Crippen LogP contribution in [-0.4, -0.2) is 36.2 Å². The van der Waals surface area contributed by atoms with E-state index in [2.05, 4.69) is 5.32 Å². The van der Waals surface area contributed by atoms with Crippen molar-refractivity contribution < 1.29 is 19.4 Å². The van der Waals surface area contributed by atoms with E-state index in [-0.39, 0.29) is 23.8 Å². The smallest absolute Gasteiger partial charge is 0.306 e. The molecular weight excluding hydrogens is 246 g/mol. The van der Waals surface area contributed by atoms with Gasteiger partial charge in [-0.2, -0.15) is 0 Å². The fraction of sp³-hybridized carbons (Fsp3) is 0.857. The van der Waals surface area contributed by atoms with Gasteiger partial charge in [0.2, 0.25) is 5.91 Å². The molecule has 1 aliphatic carbocycles. The summed E-state index contributed by atoms with van der Waals surface area (Å²) < 4.78 is 5.43. The Morgan fingerprint density at radius 1 is 1.11 bits per heavy atom. The normalized spacial score (nSPS) is 31.7. The van der Waals surface area contributed by atoms with Gasteiger partial charge in [-0.05, 0) is 38.0 Å². The van der Waals surface area contributed by atoms with Crippen LogP contribution in [0.25, 0.3) is 0 Å². The minimum Gasteiger partial charge on any atom is -0.481 e. The molecule has 1 amide bonds. The minimum absolute atomic E-state index is 0.0683. The highest BCUT2D eigenvalue weighted by molar-refractivity contribution is 5.80. The molecule has 19 heavy (non-hydrogen) atoms. The molecule has 1 aliphatic heterocycles. The Hall–Kier alpha value is -1.10. The highest BCUT2D eigenvalue weighted by atomic mass is 16.5. The van der Waals surface area contributed by atoms with Crippen molar-refractivity contribution in [2.24, 2.45) is 11.8 Å². The third-order valence-electron chi connectivity index (χ3n) is 4.24. The number of carbonyl (C=O) groups is 2. The quantitative estimate of drug-likeness (QED) is 0.812. The third-order valence-corrected chi connectivity index (χ3v) is 4.24. The molecule has 2 aliphatic rings. The van der Waals surface area contributed by atoms with E-state index in [9.17, 15) is 14.7 Å². The van der Waals surface area contributed by atoms with Gasteiger partial charge in [0.1, 0.15) is 6.10 Å². The SMILES string of the molecule is O=C(NCC1CCCCC1C(=O)O)C1CCCCO1. The molecule has 3 atom stereocenters. The van der Waals surface area contributed by atoms with Gasteiger partial charge in [-0.1, -0.05) is 12.8 Å². The van der Waals surface area contributed by atoms with Crippen molar-refractivity contribution in [1.29, 1.82) is 0 Å². The van der Waals surface area contributed by atoms with Crippen LogP contribution < -0.4 is 5.32 Å². The molecule has 2 rings (SSSR count). The molecule has 5 heteroatoms. The van der Waals surface area contributed by atoms with Crippen molar-refractivity contribution in [3.05, 3.63) is 0 Å². The summed E-state index contributed by atoms with van der Waals surface area (Å²) in [5, 5.41) is 12.1. The molecule has 0 aromatic carbocycles. The molecule has 3 unspecified atom stereocenters. The minimum atomic E-state index is -0.729. The van der Waals surface area contributed by atoms with Crippen LogP contribution in [0.3, 0.4) is 0 Å². The lowest BCUT2D eigenvalue weighted by Gasteiger charge is -2.29. The first kappa shape index (κ1) is 14.3. The number of amides is 1. The number of ether oxygens (including phenoxy) is 1. The molecule has 108 valence electrons. The van der Waals surface area contributed by atoms with Gasteiger partial charge in [-0.3, -0.25) is 9.59 Å². The van der Waals surface area contributed by atoms with Crippen LogP contribution in [0, 0.1) is 11.8 Å². The fourth-order valence-corrected chi connectivity index (χ4v) is 3.07. The van der Waals surface area contributed by atoms with Crippen molar-refractivity contribution in [3.8, 4) is 0 Å². The number of carbonyl (C=O) groups excluding carboxylic acids is 1. The van der Waals surface area contributed by atoms with Crippen molar-refractivity contribution in [2.75, 3.05) is 13.2 Å². The standard InChI is InChI=1S/C14H23NO4/c16-13(12-7-3-4-8-19-12)15-9-10-5-1-2-6-11(10)14(17)18/h10-12H,1-9H2,(H,15,16)(H,17,18). The van der Waals surface area contributed by atoms with Gasteiger partial charge in [-0.25, -0.2) is 0 Å². The van der Waals surface area contributed by atoms with E-state index in [0.717, 1.165) is 44.9 Å². The van der Waals surface area contributed by atoms with Crippen LogP contribution in [-0.2, 0) is 14.3 Å². The summed E-state index contributed by atoms with van der Waals surface area (Å²) in [5.74, 6) is -1.04. The second-order valence-corrected chi connectivity index (χ2v) is 5.59. The zero-order chi connectivity index (χ0) is 13.7. The Balaban J connectivity index is 1.79. The first-order chi connectivity index (χ1) is 9.18. The van der Waals surface area contributed by atoms with Gasteiger partial charge in [0.15, 0.2) is 0 Å². The fourth-order valence-electron chi connectivity index (χ4n) is 3.07. The predicted octanol–water partition coefficient (Wildman–Crippen LogP) is 1.56. The van der Waals surface area contributed by atoms with Crippen LogP contribution in [0.2, 0.25) is 0 Å².